The zero-order chi connectivity index (χ0) is 16.6. The fraction of sp³-hybridized carbons (Fsp3) is 0. The van der Waals surface area contributed by atoms with Crippen molar-refractivity contribution >= 4 is 34.9 Å². The highest BCUT2D eigenvalue weighted by atomic mass is 35.5. The summed E-state index contributed by atoms with van der Waals surface area (Å²) in [5.74, 6) is 0. The summed E-state index contributed by atoms with van der Waals surface area (Å²) < 4.78 is 0. The Hall–Kier alpha value is -2.84. The molecule has 0 radical (unpaired) electrons. The summed E-state index contributed by atoms with van der Waals surface area (Å²) in [6, 6.07) is 27.6. The van der Waals surface area contributed by atoms with Crippen LogP contribution in [0.15, 0.2) is 96.0 Å². The summed E-state index contributed by atoms with van der Waals surface area (Å²) >= 11 is 5.99. The third kappa shape index (κ3) is 4.58. The molecule has 0 aromatic heterocycles. The van der Waals surface area contributed by atoms with Crippen molar-refractivity contribution in [2.45, 2.75) is 0 Å². The van der Waals surface area contributed by atoms with Crippen molar-refractivity contribution in [3.05, 3.63) is 102 Å². The van der Waals surface area contributed by atoms with Gasteiger partial charge in [0.05, 0.1) is 5.69 Å². The zero-order valence-electron chi connectivity index (χ0n) is 13.1. The first kappa shape index (κ1) is 16.0. The molecule has 0 unspecified atom stereocenters. The van der Waals surface area contributed by atoms with Crippen LogP contribution >= 0.6 is 11.6 Å². The predicted molar refractivity (Wildman–Crippen MR) is 104 cm³/mol. The molecule has 0 heterocycles. The Morgan fingerprint density at radius 2 is 1.42 bits per heavy atom. The summed E-state index contributed by atoms with van der Waals surface area (Å²) in [7, 11) is 0. The number of aliphatic imine (C=N–C) groups is 1. The fourth-order valence-corrected chi connectivity index (χ4v) is 2.35. The number of nitrogens with zero attached hydrogens (tertiary/aromatic N) is 1. The Balaban J connectivity index is 1.87. The molecule has 0 amide bonds. The van der Waals surface area contributed by atoms with Crippen molar-refractivity contribution in [2.24, 2.45) is 4.99 Å². The molecule has 1 N–H and O–H groups in total. The molecular weight excluding hydrogens is 316 g/mol. The number of halogens is 1. The molecule has 0 aliphatic carbocycles. The molecule has 118 valence electrons. The zero-order valence-corrected chi connectivity index (χ0v) is 13.8. The first-order chi connectivity index (χ1) is 11.8. The van der Waals surface area contributed by atoms with E-state index in [1.807, 2.05) is 91.0 Å². The first-order valence-corrected chi connectivity index (χ1v) is 8.06. The number of hydrogen-bond acceptors (Lipinski definition) is 2. The minimum atomic E-state index is 0.718. The van der Waals surface area contributed by atoms with Gasteiger partial charge in [0.15, 0.2) is 0 Å². The van der Waals surface area contributed by atoms with Crippen molar-refractivity contribution in [3.63, 3.8) is 0 Å². The van der Waals surface area contributed by atoms with Gasteiger partial charge in [-0.2, -0.15) is 0 Å². The number of hydrogen-bond donors (Lipinski definition) is 1. The van der Waals surface area contributed by atoms with Gasteiger partial charge in [-0.3, -0.25) is 4.99 Å². The first-order valence-electron chi connectivity index (χ1n) is 7.69. The second-order valence-corrected chi connectivity index (χ2v) is 5.63. The summed E-state index contributed by atoms with van der Waals surface area (Å²) in [5, 5.41) is 4.15. The van der Waals surface area contributed by atoms with Gasteiger partial charge in [-0.1, -0.05) is 60.1 Å². The Labute approximate surface area is 147 Å². The standard InChI is InChI=1S/C21H17ClN2/c22-18-13-11-17(12-14-18)21(24-20-9-5-2-6-10-20)15-16-23-19-7-3-1-4-8-19/h1-16,24H/b21-15-,23-16?. The third-order valence-corrected chi connectivity index (χ3v) is 3.68. The Morgan fingerprint density at radius 3 is 2.08 bits per heavy atom. The topological polar surface area (TPSA) is 24.4 Å². The fourth-order valence-electron chi connectivity index (χ4n) is 2.23. The minimum Gasteiger partial charge on any atom is -0.355 e. The number of allylic oxidation sites excluding steroid dienone is 1. The van der Waals surface area contributed by atoms with Gasteiger partial charge in [0.1, 0.15) is 0 Å². The van der Waals surface area contributed by atoms with Gasteiger partial charge >= 0.3 is 0 Å². The number of anilines is 1. The molecule has 3 aromatic rings. The van der Waals surface area contributed by atoms with Gasteiger partial charge in [-0.15, -0.1) is 0 Å². The molecule has 3 heteroatoms. The van der Waals surface area contributed by atoms with E-state index < -0.39 is 0 Å². The van der Waals surface area contributed by atoms with Crippen LogP contribution in [0.25, 0.3) is 5.70 Å². The van der Waals surface area contributed by atoms with E-state index in [9.17, 15) is 0 Å². The molecule has 3 aromatic carbocycles. The van der Waals surface area contributed by atoms with E-state index in [4.69, 9.17) is 11.6 Å². The number of rotatable bonds is 5. The molecule has 3 rings (SSSR count). The molecule has 0 saturated carbocycles. The van der Waals surface area contributed by atoms with Gasteiger partial charge < -0.3 is 5.32 Å². The maximum atomic E-state index is 5.99. The van der Waals surface area contributed by atoms with Crippen molar-refractivity contribution in [2.75, 3.05) is 5.32 Å². The third-order valence-electron chi connectivity index (χ3n) is 3.43. The van der Waals surface area contributed by atoms with Crippen molar-refractivity contribution in [1.29, 1.82) is 0 Å². The lowest BCUT2D eigenvalue weighted by molar-refractivity contribution is 1.52. The Bertz CT molecular complexity index is 823. The van der Waals surface area contributed by atoms with Crippen molar-refractivity contribution in [3.8, 4) is 0 Å². The quantitative estimate of drug-likeness (QED) is 0.553. The van der Waals surface area contributed by atoms with E-state index in [1.54, 1.807) is 6.21 Å². The molecule has 0 atom stereocenters. The van der Waals surface area contributed by atoms with E-state index in [0.29, 0.717) is 0 Å². The minimum absolute atomic E-state index is 0.718. The van der Waals surface area contributed by atoms with Crippen LogP contribution in [-0.2, 0) is 0 Å². The van der Waals surface area contributed by atoms with Gasteiger partial charge in [0, 0.05) is 22.6 Å². The largest absolute Gasteiger partial charge is 0.355 e. The van der Waals surface area contributed by atoms with Crippen LogP contribution in [0.5, 0.6) is 0 Å². The molecule has 0 spiro atoms. The SMILES string of the molecule is Clc1ccc(/C(=C/C=Nc2ccccc2)Nc2ccccc2)cc1. The van der Waals surface area contributed by atoms with Crippen LogP contribution < -0.4 is 5.32 Å². The molecular formula is C21H17ClN2. The van der Waals surface area contributed by atoms with Crippen LogP contribution in [0.4, 0.5) is 11.4 Å². The average Bonchev–Trinajstić information content (AvgIpc) is 2.63. The van der Waals surface area contributed by atoms with Crippen LogP contribution in [-0.4, -0.2) is 6.21 Å². The second kappa shape index (κ2) is 8.14. The lowest BCUT2D eigenvalue weighted by Gasteiger charge is -2.11. The van der Waals surface area contributed by atoms with Crippen LogP contribution in [0.3, 0.4) is 0 Å². The van der Waals surface area contributed by atoms with Crippen LogP contribution in [0.1, 0.15) is 5.56 Å². The van der Waals surface area contributed by atoms with Crippen molar-refractivity contribution < 1.29 is 0 Å². The van der Waals surface area contributed by atoms with Crippen LogP contribution in [0.2, 0.25) is 5.02 Å². The molecule has 24 heavy (non-hydrogen) atoms. The van der Waals surface area contributed by atoms with E-state index in [0.717, 1.165) is 27.7 Å². The van der Waals surface area contributed by atoms with E-state index in [1.165, 1.54) is 0 Å². The number of benzene rings is 3. The van der Waals surface area contributed by atoms with Gasteiger partial charge in [0.2, 0.25) is 0 Å². The Kier molecular flexibility index (Phi) is 5.44. The number of para-hydroxylation sites is 2. The maximum Gasteiger partial charge on any atom is 0.0629 e. The maximum absolute atomic E-state index is 5.99. The molecule has 0 aliphatic rings. The highest BCUT2D eigenvalue weighted by Crippen LogP contribution is 2.20. The second-order valence-electron chi connectivity index (χ2n) is 5.19. The van der Waals surface area contributed by atoms with E-state index in [-0.39, 0.29) is 0 Å². The summed E-state index contributed by atoms with van der Waals surface area (Å²) in [5.41, 5.74) is 3.94. The number of nitrogens with one attached hydrogen (secondary N) is 1. The summed E-state index contributed by atoms with van der Waals surface area (Å²) in [6.45, 7) is 0. The molecule has 2 nitrogen and oxygen atoms in total. The van der Waals surface area contributed by atoms with Crippen LogP contribution in [0, 0.1) is 0 Å². The lowest BCUT2D eigenvalue weighted by atomic mass is 10.1. The molecule has 0 aliphatic heterocycles. The van der Waals surface area contributed by atoms with E-state index >= 15 is 0 Å². The lowest BCUT2D eigenvalue weighted by Crippen LogP contribution is -1.99. The molecule has 0 saturated heterocycles. The monoisotopic (exact) mass is 332 g/mol. The predicted octanol–water partition coefficient (Wildman–Crippen LogP) is 6.20. The smallest absolute Gasteiger partial charge is 0.0629 e. The molecule has 0 bridgehead atoms. The highest BCUT2D eigenvalue weighted by molar-refractivity contribution is 6.30. The van der Waals surface area contributed by atoms with Gasteiger partial charge in [-0.25, -0.2) is 0 Å². The Morgan fingerprint density at radius 1 is 0.792 bits per heavy atom. The summed E-state index contributed by atoms with van der Waals surface area (Å²) in [4.78, 5) is 4.46. The average molecular weight is 333 g/mol. The van der Waals surface area contributed by atoms with E-state index in [2.05, 4.69) is 10.3 Å². The summed E-state index contributed by atoms with van der Waals surface area (Å²) in [6.07, 6.45) is 3.76. The van der Waals surface area contributed by atoms with Crippen molar-refractivity contribution in [1.82, 2.24) is 0 Å². The van der Waals surface area contributed by atoms with Gasteiger partial charge in [0.25, 0.3) is 0 Å². The molecule has 0 fully saturated rings. The van der Waals surface area contributed by atoms with Gasteiger partial charge in [-0.05, 0) is 48.0 Å². The normalized spacial score (nSPS) is 11.6. The highest BCUT2D eigenvalue weighted by Gasteiger charge is 2.01.